The van der Waals surface area contributed by atoms with Gasteiger partial charge in [-0.1, -0.05) is 0 Å². The number of amides is 1. The van der Waals surface area contributed by atoms with Crippen molar-refractivity contribution in [2.45, 2.75) is 64.3 Å². The summed E-state index contributed by atoms with van der Waals surface area (Å²) in [5.41, 5.74) is 0.539. The van der Waals surface area contributed by atoms with Gasteiger partial charge >= 0.3 is 0 Å². The highest BCUT2D eigenvalue weighted by atomic mass is 16.2. The number of carbonyl (C=O) groups excluding carboxylic acids is 1. The van der Waals surface area contributed by atoms with Crippen molar-refractivity contribution in [1.82, 2.24) is 4.90 Å². The number of nitrogens with zero attached hydrogens (tertiary/aromatic N) is 1. The van der Waals surface area contributed by atoms with Crippen molar-refractivity contribution in [2.75, 3.05) is 6.54 Å². The third kappa shape index (κ3) is 1.50. The van der Waals surface area contributed by atoms with E-state index in [4.69, 9.17) is 0 Å². The fourth-order valence-corrected chi connectivity index (χ4v) is 6.37. The van der Waals surface area contributed by atoms with Crippen LogP contribution in [0.3, 0.4) is 0 Å². The van der Waals surface area contributed by atoms with Crippen LogP contribution in [0, 0.1) is 23.2 Å². The molecule has 1 atom stereocenters. The van der Waals surface area contributed by atoms with Crippen LogP contribution < -0.4 is 0 Å². The number of hydrogen-bond acceptors (Lipinski definition) is 1. The summed E-state index contributed by atoms with van der Waals surface area (Å²) in [6.07, 6.45) is 11.4. The first-order valence-electron chi connectivity index (χ1n) is 7.93. The van der Waals surface area contributed by atoms with Crippen molar-refractivity contribution in [3.8, 4) is 0 Å². The lowest BCUT2D eigenvalue weighted by Gasteiger charge is -2.60. The summed E-state index contributed by atoms with van der Waals surface area (Å²) in [5.74, 6) is 3.34. The Morgan fingerprint density at radius 1 is 1.06 bits per heavy atom. The third-order valence-corrected chi connectivity index (χ3v) is 6.45. The van der Waals surface area contributed by atoms with Gasteiger partial charge in [-0.15, -0.1) is 0 Å². The Labute approximate surface area is 110 Å². The van der Waals surface area contributed by atoms with E-state index in [1.807, 2.05) is 0 Å². The summed E-state index contributed by atoms with van der Waals surface area (Å²) in [6, 6.07) is 0.600. The van der Waals surface area contributed by atoms with E-state index in [9.17, 15) is 4.79 Å². The maximum absolute atomic E-state index is 11.9. The fraction of sp³-hybridized carbons (Fsp3) is 0.938. The maximum Gasteiger partial charge on any atom is 0.219 e. The molecule has 1 saturated heterocycles. The molecule has 5 fully saturated rings. The summed E-state index contributed by atoms with van der Waals surface area (Å²) in [6.45, 7) is 2.81. The summed E-state index contributed by atoms with van der Waals surface area (Å²) in [5, 5.41) is 0. The second kappa shape index (κ2) is 3.74. The molecule has 0 unspecified atom stereocenters. The molecule has 100 valence electrons. The van der Waals surface area contributed by atoms with Gasteiger partial charge in [0, 0.05) is 19.5 Å². The molecular formula is C16H25NO. The Balaban J connectivity index is 1.65. The Hall–Kier alpha value is -0.530. The SMILES string of the molecule is CC(=O)N1CCC[C@H]1C12CC3CC(CC(C3)C1)C2. The number of likely N-dealkylation sites (tertiary alicyclic amines) is 1. The molecule has 0 spiro atoms. The summed E-state index contributed by atoms with van der Waals surface area (Å²) >= 11 is 0. The molecule has 4 aliphatic carbocycles. The zero-order valence-electron chi connectivity index (χ0n) is 11.5. The second-order valence-electron chi connectivity index (χ2n) is 7.65. The number of rotatable bonds is 1. The molecular weight excluding hydrogens is 222 g/mol. The highest BCUT2D eigenvalue weighted by Crippen LogP contribution is 2.63. The summed E-state index contributed by atoms with van der Waals surface area (Å²) in [4.78, 5) is 14.1. The van der Waals surface area contributed by atoms with Crippen molar-refractivity contribution in [3.63, 3.8) is 0 Å². The van der Waals surface area contributed by atoms with Gasteiger partial charge in [0.05, 0.1) is 0 Å². The van der Waals surface area contributed by atoms with Gasteiger partial charge in [-0.25, -0.2) is 0 Å². The van der Waals surface area contributed by atoms with Crippen molar-refractivity contribution in [2.24, 2.45) is 23.2 Å². The van der Waals surface area contributed by atoms with Crippen molar-refractivity contribution in [3.05, 3.63) is 0 Å². The molecule has 2 nitrogen and oxygen atoms in total. The predicted molar refractivity (Wildman–Crippen MR) is 71.0 cm³/mol. The van der Waals surface area contributed by atoms with E-state index in [2.05, 4.69) is 4.90 Å². The lowest BCUT2D eigenvalue weighted by atomic mass is 9.47. The van der Waals surface area contributed by atoms with Crippen LogP contribution in [0.5, 0.6) is 0 Å². The van der Waals surface area contributed by atoms with Crippen LogP contribution in [-0.2, 0) is 4.79 Å². The highest BCUT2D eigenvalue weighted by Gasteiger charge is 2.56. The van der Waals surface area contributed by atoms with Crippen LogP contribution in [-0.4, -0.2) is 23.4 Å². The Morgan fingerprint density at radius 2 is 1.61 bits per heavy atom. The molecule has 0 aromatic carbocycles. The standard InChI is InChI=1S/C16H25NO/c1-11(18)17-4-2-3-15(17)16-8-12-5-13(9-16)7-14(6-12)10-16/h12-15H,2-10H2,1H3/t12?,13?,14?,15-,16?/m0/s1. The molecule has 0 aromatic heterocycles. The van der Waals surface area contributed by atoms with Gasteiger partial charge < -0.3 is 4.90 Å². The number of hydrogen-bond donors (Lipinski definition) is 0. The molecule has 5 aliphatic rings. The van der Waals surface area contributed by atoms with Crippen molar-refractivity contribution in [1.29, 1.82) is 0 Å². The second-order valence-corrected chi connectivity index (χ2v) is 7.65. The van der Waals surface area contributed by atoms with E-state index in [0.29, 0.717) is 17.4 Å². The first-order valence-corrected chi connectivity index (χ1v) is 7.93. The molecule has 4 bridgehead atoms. The van der Waals surface area contributed by atoms with E-state index in [0.717, 1.165) is 24.3 Å². The Kier molecular flexibility index (Phi) is 2.35. The van der Waals surface area contributed by atoms with Crippen LogP contribution >= 0.6 is 0 Å². The van der Waals surface area contributed by atoms with Crippen LogP contribution in [0.25, 0.3) is 0 Å². The number of carbonyl (C=O) groups is 1. The van der Waals surface area contributed by atoms with E-state index in [1.54, 1.807) is 6.92 Å². The van der Waals surface area contributed by atoms with Crippen LogP contribution in [0.4, 0.5) is 0 Å². The molecule has 18 heavy (non-hydrogen) atoms. The minimum Gasteiger partial charge on any atom is -0.339 e. The fourth-order valence-electron chi connectivity index (χ4n) is 6.37. The largest absolute Gasteiger partial charge is 0.339 e. The lowest BCUT2D eigenvalue weighted by molar-refractivity contribution is -0.140. The normalized spacial score (nSPS) is 49.9. The molecule has 0 aromatic rings. The average molecular weight is 247 g/mol. The summed E-state index contributed by atoms with van der Waals surface area (Å²) in [7, 11) is 0. The molecule has 1 heterocycles. The highest BCUT2D eigenvalue weighted by molar-refractivity contribution is 5.74. The van der Waals surface area contributed by atoms with Crippen molar-refractivity contribution >= 4 is 5.91 Å². The zero-order chi connectivity index (χ0) is 12.3. The van der Waals surface area contributed by atoms with Crippen LogP contribution in [0.1, 0.15) is 58.3 Å². The molecule has 5 rings (SSSR count). The van der Waals surface area contributed by atoms with E-state index in [-0.39, 0.29) is 0 Å². The molecule has 1 amide bonds. The van der Waals surface area contributed by atoms with E-state index in [1.165, 1.54) is 51.4 Å². The molecule has 0 radical (unpaired) electrons. The molecule has 1 aliphatic heterocycles. The Bertz CT molecular complexity index is 340. The smallest absolute Gasteiger partial charge is 0.219 e. The molecule has 0 N–H and O–H groups in total. The van der Waals surface area contributed by atoms with Gasteiger partial charge in [-0.05, 0) is 74.5 Å². The topological polar surface area (TPSA) is 20.3 Å². The van der Waals surface area contributed by atoms with Crippen LogP contribution in [0.2, 0.25) is 0 Å². The van der Waals surface area contributed by atoms with Gasteiger partial charge in [0.2, 0.25) is 5.91 Å². The molecule has 4 saturated carbocycles. The maximum atomic E-state index is 11.9. The van der Waals surface area contributed by atoms with Gasteiger partial charge in [-0.2, -0.15) is 0 Å². The third-order valence-electron chi connectivity index (χ3n) is 6.45. The van der Waals surface area contributed by atoms with E-state index < -0.39 is 0 Å². The Morgan fingerprint density at radius 3 is 2.11 bits per heavy atom. The van der Waals surface area contributed by atoms with Crippen LogP contribution in [0.15, 0.2) is 0 Å². The lowest BCUT2D eigenvalue weighted by Crippen LogP contribution is -2.55. The minimum atomic E-state index is 0.327. The quantitative estimate of drug-likeness (QED) is 0.696. The average Bonchev–Trinajstić information content (AvgIpc) is 2.76. The van der Waals surface area contributed by atoms with E-state index >= 15 is 0 Å². The zero-order valence-corrected chi connectivity index (χ0v) is 11.5. The predicted octanol–water partition coefficient (Wildman–Crippen LogP) is 3.21. The monoisotopic (exact) mass is 247 g/mol. The minimum absolute atomic E-state index is 0.327. The van der Waals surface area contributed by atoms with Crippen molar-refractivity contribution < 1.29 is 4.79 Å². The van der Waals surface area contributed by atoms with Gasteiger partial charge in [-0.3, -0.25) is 4.79 Å². The first-order chi connectivity index (χ1) is 8.66. The summed E-state index contributed by atoms with van der Waals surface area (Å²) < 4.78 is 0. The molecule has 2 heteroatoms. The van der Waals surface area contributed by atoms with Gasteiger partial charge in [0.1, 0.15) is 0 Å². The first kappa shape index (κ1) is 11.3. The van der Waals surface area contributed by atoms with Gasteiger partial charge in [0.15, 0.2) is 0 Å². The van der Waals surface area contributed by atoms with Gasteiger partial charge in [0.25, 0.3) is 0 Å².